The minimum absolute atomic E-state index is 0.127. The van der Waals surface area contributed by atoms with Gasteiger partial charge in [-0.2, -0.15) is 8.78 Å². The van der Waals surface area contributed by atoms with Gasteiger partial charge in [0.05, 0.1) is 6.04 Å². The van der Waals surface area contributed by atoms with Crippen LogP contribution in [-0.2, 0) is 31.1 Å². The first-order valence-corrected chi connectivity index (χ1v) is 11.9. The van der Waals surface area contributed by atoms with Crippen LogP contribution in [0.15, 0.2) is 42.5 Å². The molecule has 8 nitrogen and oxygen atoms in total. The van der Waals surface area contributed by atoms with Crippen LogP contribution in [0.25, 0.3) is 0 Å². The van der Waals surface area contributed by atoms with E-state index in [2.05, 4.69) is 5.32 Å². The van der Waals surface area contributed by atoms with Gasteiger partial charge in [-0.3, -0.25) is 14.4 Å². The van der Waals surface area contributed by atoms with E-state index in [0.717, 1.165) is 10.5 Å². The van der Waals surface area contributed by atoms with Crippen LogP contribution in [0, 0.1) is 5.82 Å². The number of benzene rings is 2. The van der Waals surface area contributed by atoms with E-state index in [0.29, 0.717) is 30.4 Å². The fraction of sp³-hybridized carbons (Fsp3) is 0.385. The summed E-state index contributed by atoms with van der Waals surface area (Å²) in [5, 5.41) is 2.10. The van der Waals surface area contributed by atoms with Crippen molar-refractivity contribution in [2.24, 2.45) is 0 Å². The molecule has 194 valence electrons. The zero-order valence-electron chi connectivity index (χ0n) is 19.9. The van der Waals surface area contributed by atoms with Crippen LogP contribution in [0.2, 0.25) is 0 Å². The van der Waals surface area contributed by atoms with Crippen LogP contribution in [0.4, 0.5) is 23.7 Å². The van der Waals surface area contributed by atoms with Gasteiger partial charge in [0.25, 0.3) is 11.8 Å². The normalized spacial score (nSPS) is 24.7. The smallest absolute Gasteiger partial charge is 0.418 e. The Bertz CT molecular complexity index is 1280. The second-order valence-corrected chi connectivity index (χ2v) is 9.54. The summed E-state index contributed by atoms with van der Waals surface area (Å²) >= 11 is 0. The molecule has 2 aromatic carbocycles. The number of fused-ring (bicyclic) bond motifs is 2. The number of carbonyl (C=O) groups excluding carboxylic acids is 4. The van der Waals surface area contributed by atoms with Crippen LogP contribution in [0.5, 0.6) is 0 Å². The average Bonchev–Trinajstić information content (AvgIpc) is 3.49. The Morgan fingerprint density at radius 1 is 1.14 bits per heavy atom. The van der Waals surface area contributed by atoms with E-state index in [9.17, 15) is 32.3 Å². The van der Waals surface area contributed by atoms with E-state index in [1.807, 2.05) is 6.92 Å². The number of imide groups is 1. The summed E-state index contributed by atoms with van der Waals surface area (Å²) in [5.74, 6) is -2.93. The maximum atomic E-state index is 13.5. The number of carbonyl (C=O) groups is 4. The predicted octanol–water partition coefficient (Wildman–Crippen LogP) is 3.90. The lowest BCUT2D eigenvalue weighted by molar-refractivity contribution is -0.143. The molecule has 0 radical (unpaired) electrons. The Kier molecular flexibility index (Phi) is 6.17. The van der Waals surface area contributed by atoms with Gasteiger partial charge in [0.1, 0.15) is 12.4 Å². The van der Waals surface area contributed by atoms with Gasteiger partial charge in [-0.15, -0.1) is 0 Å². The molecule has 4 amide bonds. The summed E-state index contributed by atoms with van der Waals surface area (Å²) < 4.78 is 44.1. The van der Waals surface area contributed by atoms with Gasteiger partial charge in [0, 0.05) is 23.7 Å². The number of hydrogen-bond acceptors (Lipinski definition) is 5. The van der Waals surface area contributed by atoms with Crippen molar-refractivity contribution in [3.05, 3.63) is 65.0 Å². The third-order valence-corrected chi connectivity index (χ3v) is 7.33. The molecule has 1 unspecified atom stereocenters. The van der Waals surface area contributed by atoms with Crippen molar-refractivity contribution in [3.8, 4) is 0 Å². The van der Waals surface area contributed by atoms with E-state index < -0.39 is 42.4 Å². The van der Waals surface area contributed by atoms with Gasteiger partial charge in [-0.05, 0) is 61.6 Å². The quantitative estimate of drug-likeness (QED) is 0.652. The fourth-order valence-corrected chi connectivity index (χ4v) is 5.56. The van der Waals surface area contributed by atoms with Crippen molar-refractivity contribution in [3.63, 3.8) is 0 Å². The van der Waals surface area contributed by atoms with Crippen LogP contribution in [-0.4, -0.2) is 52.6 Å². The number of aryl methyl sites for hydroxylation is 1. The predicted molar refractivity (Wildman–Crippen MR) is 124 cm³/mol. The van der Waals surface area contributed by atoms with E-state index in [4.69, 9.17) is 4.74 Å². The maximum absolute atomic E-state index is 13.5. The van der Waals surface area contributed by atoms with Crippen molar-refractivity contribution < 1.29 is 37.1 Å². The number of nitrogens with zero attached hydrogens (tertiary/aromatic N) is 2. The van der Waals surface area contributed by atoms with Crippen LogP contribution in [0.1, 0.15) is 48.9 Å². The van der Waals surface area contributed by atoms with Gasteiger partial charge >= 0.3 is 12.5 Å². The summed E-state index contributed by atoms with van der Waals surface area (Å²) in [5.41, 5.74) is 0.274. The number of ether oxygens (including phenoxy) is 1. The van der Waals surface area contributed by atoms with Crippen molar-refractivity contribution in [1.29, 1.82) is 0 Å². The molecule has 0 saturated carbocycles. The van der Waals surface area contributed by atoms with Crippen molar-refractivity contribution in [2.75, 3.05) is 11.9 Å². The first-order valence-electron chi connectivity index (χ1n) is 11.9. The van der Waals surface area contributed by atoms with E-state index in [1.54, 1.807) is 17.0 Å². The van der Waals surface area contributed by atoms with Gasteiger partial charge in [0.15, 0.2) is 0 Å². The summed E-state index contributed by atoms with van der Waals surface area (Å²) in [6.07, 6.45) is -2.30. The van der Waals surface area contributed by atoms with Gasteiger partial charge < -0.3 is 15.0 Å². The number of alkyl halides is 2. The third kappa shape index (κ3) is 4.21. The van der Waals surface area contributed by atoms with Crippen molar-refractivity contribution in [2.45, 2.75) is 56.7 Å². The Balaban J connectivity index is 1.34. The van der Waals surface area contributed by atoms with Crippen molar-refractivity contribution in [1.82, 2.24) is 9.80 Å². The minimum Gasteiger partial charge on any atom is -0.427 e. The molecule has 2 heterocycles. The monoisotopic (exact) mass is 515 g/mol. The molecular weight excluding hydrogens is 491 g/mol. The van der Waals surface area contributed by atoms with E-state index >= 15 is 0 Å². The molecule has 1 spiro atoms. The SMILES string of the molecule is C[C@H]1CC[C@@H](c2ccc(F)cc2)N1C(=O)CN1C(=O)OC2(CCc3cc(NC(=O)C(F)F)ccc32)C1=O. The molecule has 2 aliphatic heterocycles. The summed E-state index contributed by atoms with van der Waals surface area (Å²) in [6.45, 7) is 1.38. The van der Waals surface area contributed by atoms with Gasteiger partial charge in [0.2, 0.25) is 11.5 Å². The molecule has 0 bridgehead atoms. The molecule has 37 heavy (non-hydrogen) atoms. The number of halogens is 3. The standard InChI is InChI=1S/C26H24F3N3O5/c1-14-2-9-20(15-3-5-17(27)6-4-15)32(14)21(33)13-31-24(35)26(37-25(31)36)11-10-16-12-18(7-8-19(16)26)30-23(34)22(28)29/h3-8,12,14,20,22H,2,9-11,13H2,1H3,(H,30,34)/t14-,20-,26?/m0/s1. The highest BCUT2D eigenvalue weighted by Crippen LogP contribution is 2.46. The highest BCUT2D eigenvalue weighted by atomic mass is 19.3. The molecule has 1 N–H and O–H groups in total. The Labute approximate surface area is 210 Å². The van der Waals surface area contributed by atoms with Crippen molar-refractivity contribution >= 4 is 29.5 Å². The number of rotatable bonds is 5. The molecule has 1 aliphatic carbocycles. The zero-order valence-corrected chi connectivity index (χ0v) is 19.9. The number of likely N-dealkylation sites (tertiary alicyclic amines) is 1. The second-order valence-electron chi connectivity index (χ2n) is 9.54. The molecule has 0 aromatic heterocycles. The van der Waals surface area contributed by atoms with Crippen LogP contribution in [0.3, 0.4) is 0 Å². The lowest BCUT2D eigenvalue weighted by Crippen LogP contribution is -2.46. The fourth-order valence-electron chi connectivity index (χ4n) is 5.56. The molecule has 5 rings (SSSR count). The van der Waals surface area contributed by atoms with Crippen LogP contribution < -0.4 is 5.32 Å². The highest BCUT2D eigenvalue weighted by Gasteiger charge is 2.58. The molecule has 11 heteroatoms. The highest BCUT2D eigenvalue weighted by molar-refractivity contribution is 6.06. The molecular formula is C26H24F3N3O5. The summed E-state index contributed by atoms with van der Waals surface area (Å²) in [7, 11) is 0. The molecule has 2 fully saturated rings. The van der Waals surface area contributed by atoms with E-state index in [1.165, 1.54) is 30.3 Å². The molecule has 2 aromatic rings. The first-order chi connectivity index (χ1) is 17.6. The second kappa shape index (κ2) is 9.20. The zero-order chi connectivity index (χ0) is 26.5. The lowest BCUT2D eigenvalue weighted by atomic mass is 9.94. The lowest BCUT2D eigenvalue weighted by Gasteiger charge is -2.30. The number of hydrogen-bond donors (Lipinski definition) is 1. The summed E-state index contributed by atoms with van der Waals surface area (Å²) in [4.78, 5) is 53.4. The topological polar surface area (TPSA) is 96.0 Å². The minimum atomic E-state index is -3.18. The summed E-state index contributed by atoms with van der Waals surface area (Å²) in [6, 6.07) is 9.75. The maximum Gasteiger partial charge on any atom is 0.418 e. The first kappa shape index (κ1) is 24.8. The molecule has 3 aliphatic rings. The van der Waals surface area contributed by atoms with Crippen LogP contribution >= 0.6 is 0 Å². The Morgan fingerprint density at radius 2 is 1.86 bits per heavy atom. The average molecular weight is 515 g/mol. The van der Waals surface area contributed by atoms with E-state index in [-0.39, 0.29) is 30.0 Å². The number of nitrogens with one attached hydrogen (secondary N) is 1. The number of amides is 4. The molecule has 2 saturated heterocycles. The van der Waals surface area contributed by atoms with Gasteiger partial charge in [-0.25, -0.2) is 14.1 Å². The third-order valence-electron chi connectivity index (χ3n) is 7.33. The largest absolute Gasteiger partial charge is 0.427 e. The Morgan fingerprint density at radius 3 is 2.57 bits per heavy atom. The Hall–Kier alpha value is -3.89. The molecule has 3 atom stereocenters. The number of anilines is 1. The van der Waals surface area contributed by atoms with Gasteiger partial charge in [-0.1, -0.05) is 18.2 Å².